The number of aromatic nitrogens is 1. The first-order chi connectivity index (χ1) is 13.0. The highest BCUT2D eigenvalue weighted by atomic mass is 32.2. The van der Waals surface area contributed by atoms with E-state index in [0.717, 1.165) is 4.70 Å². The molecule has 1 atom stereocenters. The molecule has 1 aromatic heterocycles. The van der Waals surface area contributed by atoms with Crippen molar-refractivity contribution in [3.63, 3.8) is 0 Å². The van der Waals surface area contributed by atoms with E-state index >= 15 is 0 Å². The Morgan fingerprint density at radius 3 is 2.75 bits per heavy atom. The Bertz CT molecular complexity index is 1040. The summed E-state index contributed by atoms with van der Waals surface area (Å²) in [6.45, 7) is 6.28. The van der Waals surface area contributed by atoms with E-state index in [-0.39, 0.29) is 23.4 Å². The van der Waals surface area contributed by atoms with Crippen molar-refractivity contribution in [1.82, 2.24) is 15.8 Å². The number of hydrogen-bond acceptors (Lipinski definition) is 8. The summed E-state index contributed by atoms with van der Waals surface area (Å²) in [5, 5.41) is 12.0. The minimum Gasteiger partial charge on any atom is -0.396 e. The zero-order valence-corrected chi connectivity index (χ0v) is 17.6. The molecule has 10 heteroatoms. The number of benzene rings is 1. The number of hydroxylamine groups is 1. The van der Waals surface area contributed by atoms with Crippen molar-refractivity contribution in [2.45, 2.75) is 43.4 Å². The molecule has 0 saturated carbocycles. The lowest BCUT2D eigenvalue weighted by Crippen LogP contribution is -2.47. The van der Waals surface area contributed by atoms with E-state index in [1.54, 1.807) is 17.7 Å². The first kappa shape index (κ1) is 20.7. The quantitative estimate of drug-likeness (QED) is 0.645. The molecule has 152 valence electrons. The van der Waals surface area contributed by atoms with Gasteiger partial charge in [0.25, 0.3) is 0 Å². The molecule has 1 unspecified atom stereocenters. The van der Waals surface area contributed by atoms with Crippen molar-refractivity contribution < 1.29 is 23.2 Å². The van der Waals surface area contributed by atoms with Gasteiger partial charge in [-0.25, -0.2) is 13.4 Å². The van der Waals surface area contributed by atoms with Gasteiger partial charge in [-0.1, -0.05) is 13.8 Å². The average molecular weight is 426 g/mol. The second-order valence-corrected chi connectivity index (χ2v) is 11.2. The number of amides is 1. The van der Waals surface area contributed by atoms with E-state index in [4.69, 9.17) is 4.84 Å². The Kier molecular flexibility index (Phi) is 5.26. The molecule has 0 aliphatic carbocycles. The summed E-state index contributed by atoms with van der Waals surface area (Å²) in [7, 11) is -3.97. The van der Waals surface area contributed by atoms with Crippen molar-refractivity contribution >= 4 is 37.3 Å². The summed E-state index contributed by atoms with van der Waals surface area (Å²) in [5.74, 6) is -0.606. The number of sulfone groups is 1. The minimum atomic E-state index is -3.97. The minimum absolute atomic E-state index is 0.0585. The molecule has 2 heterocycles. The lowest BCUT2D eigenvalue weighted by Gasteiger charge is -2.26. The van der Waals surface area contributed by atoms with Crippen LogP contribution < -0.4 is 10.8 Å². The number of thiazole rings is 1. The summed E-state index contributed by atoms with van der Waals surface area (Å²) in [6.07, 6.45) is 1.61. The number of carbonyl (C=O) groups excluding carboxylic acids is 1. The molecule has 0 bridgehead atoms. The van der Waals surface area contributed by atoms with E-state index in [0.29, 0.717) is 5.52 Å². The van der Waals surface area contributed by atoms with Crippen LogP contribution in [0, 0.1) is 5.41 Å². The van der Waals surface area contributed by atoms with Crippen LogP contribution in [0.5, 0.6) is 0 Å². The molecule has 0 saturated heterocycles. The third-order valence-electron chi connectivity index (χ3n) is 4.93. The van der Waals surface area contributed by atoms with Crippen LogP contribution in [0.2, 0.25) is 0 Å². The van der Waals surface area contributed by atoms with Crippen molar-refractivity contribution in [3.05, 3.63) is 35.7 Å². The standard InChI is InChI=1S/C18H23N3O5S2/c1-17(2,9-22)14-8-15(26-21-14)20-16(23)18(3,4)28(24,25)11-5-6-12-13(7-11)27-10-19-12/h5-8,10,14,21-22H,9H2,1-4H3,(H,20,23). The molecule has 1 aliphatic rings. The Hall–Kier alpha value is -2.01. The van der Waals surface area contributed by atoms with Gasteiger partial charge in [-0.2, -0.15) is 0 Å². The highest BCUT2D eigenvalue weighted by Gasteiger charge is 2.44. The fourth-order valence-corrected chi connectivity index (χ4v) is 4.77. The molecule has 0 fully saturated rings. The monoisotopic (exact) mass is 425 g/mol. The van der Waals surface area contributed by atoms with Crippen LogP contribution in [0.3, 0.4) is 0 Å². The van der Waals surface area contributed by atoms with Gasteiger partial charge >= 0.3 is 0 Å². The smallest absolute Gasteiger partial charge is 0.247 e. The predicted molar refractivity (Wildman–Crippen MR) is 106 cm³/mol. The van der Waals surface area contributed by atoms with E-state index in [2.05, 4.69) is 15.8 Å². The highest BCUT2D eigenvalue weighted by Crippen LogP contribution is 2.30. The number of aliphatic hydroxyl groups is 1. The van der Waals surface area contributed by atoms with Gasteiger partial charge in [0, 0.05) is 5.41 Å². The summed E-state index contributed by atoms with van der Waals surface area (Å²) in [6, 6.07) is 4.28. The van der Waals surface area contributed by atoms with Crippen LogP contribution in [0.15, 0.2) is 40.6 Å². The molecule has 1 aliphatic heterocycles. The molecule has 2 aromatic rings. The zero-order valence-electron chi connectivity index (χ0n) is 16.0. The number of nitrogens with one attached hydrogen (secondary N) is 2. The van der Waals surface area contributed by atoms with Gasteiger partial charge in [-0.3, -0.25) is 10.1 Å². The lowest BCUT2D eigenvalue weighted by atomic mass is 9.86. The molecule has 3 N–H and O–H groups in total. The number of rotatable bonds is 6. The zero-order chi connectivity index (χ0) is 20.7. The Morgan fingerprint density at radius 2 is 2.07 bits per heavy atom. The average Bonchev–Trinajstić information content (AvgIpc) is 3.30. The maximum Gasteiger partial charge on any atom is 0.247 e. The first-order valence-electron chi connectivity index (χ1n) is 8.63. The highest BCUT2D eigenvalue weighted by molar-refractivity contribution is 7.93. The van der Waals surface area contributed by atoms with Crippen LogP contribution in [-0.2, 0) is 19.5 Å². The van der Waals surface area contributed by atoms with Crippen molar-refractivity contribution in [2.75, 3.05) is 6.61 Å². The maximum absolute atomic E-state index is 13.1. The van der Waals surface area contributed by atoms with Crippen LogP contribution >= 0.6 is 11.3 Å². The topological polar surface area (TPSA) is 118 Å². The molecule has 28 heavy (non-hydrogen) atoms. The predicted octanol–water partition coefficient (Wildman–Crippen LogP) is 1.73. The number of nitrogens with zero attached hydrogens (tertiary/aromatic N) is 1. The van der Waals surface area contributed by atoms with Gasteiger partial charge in [0.05, 0.1) is 33.3 Å². The fourth-order valence-electron chi connectivity index (χ4n) is 2.58. The summed E-state index contributed by atoms with van der Waals surface area (Å²) in [5.41, 5.74) is 4.55. The van der Waals surface area contributed by atoms with Gasteiger partial charge in [-0.05, 0) is 38.1 Å². The van der Waals surface area contributed by atoms with E-state index in [9.17, 15) is 18.3 Å². The third kappa shape index (κ3) is 3.52. The van der Waals surface area contributed by atoms with Crippen molar-refractivity contribution in [2.24, 2.45) is 5.41 Å². The van der Waals surface area contributed by atoms with Gasteiger partial charge < -0.3 is 9.94 Å². The lowest BCUT2D eigenvalue weighted by molar-refractivity contribution is -0.123. The number of carbonyl (C=O) groups is 1. The third-order valence-corrected chi connectivity index (χ3v) is 8.13. The maximum atomic E-state index is 13.1. The number of fused-ring (bicyclic) bond motifs is 1. The second kappa shape index (κ2) is 7.11. The molecular formula is C18H23N3O5S2. The summed E-state index contributed by atoms with van der Waals surface area (Å²) < 4.78 is 25.2. The molecule has 3 rings (SSSR count). The first-order valence-corrected chi connectivity index (χ1v) is 11.0. The van der Waals surface area contributed by atoms with Crippen molar-refractivity contribution in [1.29, 1.82) is 0 Å². The molecule has 0 radical (unpaired) electrons. The van der Waals surface area contributed by atoms with Crippen LogP contribution in [0.1, 0.15) is 27.7 Å². The van der Waals surface area contributed by atoms with Gasteiger partial charge in [0.1, 0.15) is 4.75 Å². The van der Waals surface area contributed by atoms with Crippen LogP contribution in [0.25, 0.3) is 10.2 Å². The molecular weight excluding hydrogens is 402 g/mol. The number of hydrogen-bond donors (Lipinski definition) is 3. The fraction of sp³-hybridized carbons (Fsp3) is 0.444. The van der Waals surface area contributed by atoms with Crippen molar-refractivity contribution in [3.8, 4) is 0 Å². The molecule has 1 amide bonds. The Balaban J connectivity index is 1.83. The molecule has 8 nitrogen and oxygen atoms in total. The Labute approximate surface area is 167 Å². The summed E-state index contributed by atoms with van der Waals surface area (Å²) in [4.78, 5) is 22.2. The van der Waals surface area contributed by atoms with E-state index in [1.807, 2.05) is 13.8 Å². The SMILES string of the molecule is CC(C)(CO)C1C=C(NC(=O)C(C)(C)S(=O)(=O)c2ccc3ncsc3c2)ON1. The van der Waals surface area contributed by atoms with Crippen LogP contribution in [-0.4, -0.2) is 41.8 Å². The normalized spacial score (nSPS) is 18.0. The van der Waals surface area contributed by atoms with E-state index < -0.39 is 25.9 Å². The van der Waals surface area contributed by atoms with Gasteiger partial charge in [0.2, 0.25) is 11.8 Å². The largest absolute Gasteiger partial charge is 0.396 e. The molecule has 1 aromatic carbocycles. The van der Waals surface area contributed by atoms with Gasteiger partial charge in [-0.15, -0.1) is 16.8 Å². The van der Waals surface area contributed by atoms with Crippen LogP contribution in [0.4, 0.5) is 0 Å². The summed E-state index contributed by atoms with van der Waals surface area (Å²) >= 11 is 1.33. The second-order valence-electron chi connectivity index (χ2n) is 7.82. The van der Waals surface area contributed by atoms with E-state index in [1.165, 1.54) is 37.3 Å². The number of aliphatic hydroxyl groups excluding tert-OH is 1. The van der Waals surface area contributed by atoms with Gasteiger partial charge in [0.15, 0.2) is 9.84 Å². The Morgan fingerprint density at radius 1 is 1.36 bits per heavy atom. The molecule has 0 spiro atoms.